The highest BCUT2D eigenvalue weighted by atomic mass is 16.3. The van der Waals surface area contributed by atoms with Gasteiger partial charge in [0, 0.05) is 30.0 Å². The van der Waals surface area contributed by atoms with Crippen molar-refractivity contribution in [3.8, 4) is 0 Å². The largest absolute Gasteiger partial charge is 0.381 e. The topological polar surface area (TPSA) is 76.6 Å². The Labute approximate surface area is 164 Å². The molecule has 1 aromatic carbocycles. The molecule has 3 heterocycles. The molecule has 1 unspecified atom stereocenters. The second-order valence-electron chi connectivity index (χ2n) is 8.57. The Kier molecular flexibility index (Phi) is 4.19. The number of nitrogens with zero attached hydrogens (tertiary/aromatic N) is 2. The van der Waals surface area contributed by atoms with E-state index in [-0.39, 0.29) is 23.4 Å². The second-order valence-corrected chi connectivity index (χ2v) is 8.57. The first-order chi connectivity index (χ1) is 13.6. The smallest absolute Gasteiger partial charge is 0.270 e. The van der Waals surface area contributed by atoms with Gasteiger partial charge in [-0.25, -0.2) is 0 Å². The SMILES string of the molecule is O=C(c1cc2ccccc2[nH]1)N1CCC(N2C(=O)C(O)C23CCCCC3)CC1. The summed E-state index contributed by atoms with van der Waals surface area (Å²) >= 11 is 0. The van der Waals surface area contributed by atoms with Crippen LogP contribution in [0, 0.1) is 0 Å². The van der Waals surface area contributed by atoms with Crippen molar-refractivity contribution in [2.75, 3.05) is 13.1 Å². The number of carbonyl (C=O) groups excluding carboxylic acids is 2. The molecular weight excluding hydrogens is 354 g/mol. The highest BCUT2D eigenvalue weighted by Gasteiger charge is 2.61. The van der Waals surface area contributed by atoms with E-state index in [1.54, 1.807) is 0 Å². The van der Waals surface area contributed by atoms with Gasteiger partial charge in [0.25, 0.3) is 11.8 Å². The standard InChI is InChI=1S/C22H27N3O3/c26-19-21(28)25(22(19)10-4-1-5-11-22)16-8-12-24(13-9-16)20(27)18-14-15-6-2-3-7-17(15)23-18/h2-3,6-7,14,16,19,23,26H,1,4-5,8-13H2. The molecule has 6 heteroatoms. The third-order valence-electron chi connectivity index (χ3n) is 7.06. The van der Waals surface area contributed by atoms with Crippen LogP contribution in [0.25, 0.3) is 10.9 Å². The average molecular weight is 381 g/mol. The fraction of sp³-hybridized carbons (Fsp3) is 0.545. The first kappa shape index (κ1) is 17.7. The van der Waals surface area contributed by atoms with Crippen molar-refractivity contribution in [3.63, 3.8) is 0 Å². The van der Waals surface area contributed by atoms with E-state index in [1.165, 1.54) is 6.42 Å². The molecule has 2 saturated heterocycles. The number of aliphatic hydroxyl groups excluding tert-OH is 1. The number of hydrogen-bond acceptors (Lipinski definition) is 3. The Hall–Kier alpha value is -2.34. The number of aromatic nitrogens is 1. The molecule has 2 amide bonds. The van der Waals surface area contributed by atoms with Crippen LogP contribution in [-0.4, -0.2) is 62.5 Å². The van der Waals surface area contributed by atoms with Gasteiger partial charge in [0.1, 0.15) is 5.69 Å². The van der Waals surface area contributed by atoms with Crippen molar-refractivity contribution in [3.05, 3.63) is 36.0 Å². The van der Waals surface area contributed by atoms with Crippen molar-refractivity contribution < 1.29 is 14.7 Å². The van der Waals surface area contributed by atoms with Crippen molar-refractivity contribution in [2.24, 2.45) is 0 Å². The van der Waals surface area contributed by atoms with E-state index in [9.17, 15) is 14.7 Å². The van der Waals surface area contributed by atoms with Gasteiger partial charge >= 0.3 is 0 Å². The first-order valence-corrected chi connectivity index (χ1v) is 10.5. The van der Waals surface area contributed by atoms with Crippen molar-refractivity contribution in [1.82, 2.24) is 14.8 Å². The number of aromatic amines is 1. The molecule has 0 radical (unpaired) electrons. The molecule has 1 atom stereocenters. The van der Waals surface area contributed by atoms with E-state index >= 15 is 0 Å². The van der Waals surface area contributed by atoms with Crippen LogP contribution < -0.4 is 0 Å². The predicted molar refractivity (Wildman–Crippen MR) is 106 cm³/mol. The first-order valence-electron chi connectivity index (χ1n) is 10.5. The predicted octanol–water partition coefficient (Wildman–Crippen LogP) is 2.68. The molecule has 3 aliphatic rings. The number of rotatable bonds is 2. The number of piperidine rings is 1. The minimum atomic E-state index is -0.821. The number of fused-ring (bicyclic) bond motifs is 1. The molecule has 1 aliphatic carbocycles. The Bertz CT molecular complexity index is 874. The number of H-pyrrole nitrogens is 1. The number of β-lactam (4-membered cyclic amide) rings is 1. The average Bonchev–Trinajstić information content (AvgIpc) is 3.18. The molecule has 1 saturated carbocycles. The Morgan fingerprint density at radius 1 is 1.11 bits per heavy atom. The minimum absolute atomic E-state index is 0.0250. The molecule has 1 spiro atoms. The van der Waals surface area contributed by atoms with Crippen LogP contribution in [0.4, 0.5) is 0 Å². The summed E-state index contributed by atoms with van der Waals surface area (Å²) in [6.45, 7) is 1.30. The van der Waals surface area contributed by atoms with Crippen LogP contribution in [-0.2, 0) is 4.79 Å². The van der Waals surface area contributed by atoms with Crippen LogP contribution in [0.15, 0.2) is 30.3 Å². The lowest BCUT2D eigenvalue weighted by atomic mass is 9.68. The molecule has 0 bridgehead atoms. The minimum Gasteiger partial charge on any atom is -0.381 e. The fourth-order valence-electron chi connectivity index (χ4n) is 5.55. The van der Waals surface area contributed by atoms with Gasteiger partial charge in [0.15, 0.2) is 6.10 Å². The van der Waals surface area contributed by atoms with Gasteiger partial charge in [-0.05, 0) is 37.8 Å². The summed E-state index contributed by atoms with van der Waals surface area (Å²) in [7, 11) is 0. The maximum absolute atomic E-state index is 12.9. The number of aliphatic hydroxyl groups is 1. The Morgan fingerprint density at radius 3 is 2.54 bits per heavy atom. The molecule has 2 N–H and O–H groups in total. The lowest BCUT2D eigenvalue weighted by Crippen LogP contribution is -2.77. The van der Waals surface area contributed by atoms with Gasteiger partial charge in [-0.2, -0.15) is 0 Å². The van der Waals surface area contributed by atoms with Gasteiger partial charge < -0.3 is 19.9 Å². The molecular formula is C22H27N3O3. The Balaban J connectivity index is 1.27. The maximum Gasteiger partial charge on any atom is 0.270 e. The molecule has 2 aromatic rings. The van der Waals surface area contributed by atoms with Crippen molar-refractivity contribution >= 4 is 22.7 Å². The number of para-hydroxylation sites is 1. The number of hydrogen-bond donors (Lipinski definition) is 2. The summed E-state index contributed by atoms with van der Waals surface area (Å²) in [5, 5.41) is 11.4. The van der Waals surface area contributed by atoms with Gasteiger partial charge in [-0.1, -0.05) is 37.5 Å². The summed E-state index contributed by atoms with van der Waals surface area (Å²) in [6, 6.07) is 9.95. The Morgan fingerprint density at radius 2 is 1.82 bits per heavy atom. The lowest BCUT2D eigenvalue weighted by Gasteiger charge is -2.61. The van der Waals surface area contributed by atoms with E-state index in [2.05, 4.69) is 4.98 Å². The van der Waals surface area contributed by atoms with Crippen LogP contribution in [0.3, 0.4) is 0 Å². The molecule has 6 nitrogen and oxygen atoms in total. The quantitative estimate of drug-likeness (QED) is 0.786. The molecule has 28 heavy (non-hydrogen) atoms. The van der Waals surface area contributed by atoms with Crippen molar-refractivity contribution in [1.29, 1.82) is 0 Å². The zero-order valence-electron chi connectivity index (χ0n) is 16.1. The summed E-state index contributed by atoms with van der Waals surface area (Å²) in [4.78, 5) is 32.5. The van der Waals surface area contributed by atoms with E-state index < -0.39 is 6.10 Å². The van der Waals surface area contributed by atoms with Crippen LogP contribution in [0.5, 0.6) is 0 Å². The highest BCUT2D eigenvalue weighted by molar-refractivity contribution is 5.98. The normalized spacial score (nSPS) is 25.3. The van der Waals surface area contributed by atoms with Crippen LogP contribution >= 0.6 is 0 Å². The summed E-state index contributed by atoms with van der Waals surface area (Å²) < 4.78 is 0. The third-order valence-corrected chi connectivity index (χ3v) is 7.06. The van der Waals surface area contributed by atoms with Gasteiger partial charge in [-0.15, -0.1) is 0 Å². The van der Waals surface area contributed by atoms with Crippen LogP contribution in [0.2, 0.25) is 0 Å². The van der Waals surface area contributed by atoms with E-state index in [0.29, 0.717) is 18.8 Å². The summed E-state index contributed by atoms with van der Waals surface area (Å²) in [6.07, 6.45) is 5.92. The third kappa shape index (κ3) is 2.58. The maximum atomic E-state index is 12.9. The zero-order valence-corrected chi connectivity index (χ0v) is 16.1. The molecule has 3 fully saturated rings. The number of benzene rings is 1. The number of nitrogens with one attached hydrogen (secondary N) is 1. The number of amides is 2. The summed E-state index contributed by atoms with van der Waals surface area (Å²) in [5.41, 5.74) is 1.27. The second kappa shape index (κ2) is 6.62. The highest BCUT2D eigenvalue weighted by Crippen LogP contribution is 2.46. The monoisotopic (exact) mass is 381 g/mol. The fourth-order valence-corrected chi connectivity index (χ4v) is 5.55. The van der Waals surface area contributed by atoms with E-state index in [4.69, 9.17) is 0 Å². The molecule has 2 aliphatic heterocycles. The molecule has 1 aromatic heterocycles. The zero-order chi connectivity index (χ0) is 19.3. The number of likely N-dealkylation sites (tertiary alicyclic amines) is 2. The van der Waals surface area contributed by atoms with E-state index in [1.807, 2.05) is 40.1 Å². The number of carbonyl (C=O) groups is 2. The molecule has 148 valence electrons. The summed E-state index contributed by atoms with van der Waals surface area (Å²) in [5.74, 6) is -0.0840. The van der Waals surface area contributed by atoms with E-state index in [0.717, 1.165) is 49.4 Å². The van der Waals surface area contributed by atoms with Crippen LogP contribution in [0.1, 0.15) is 55.4 Å². The lowest BCUT2D eigenvalue weighted by molar-refractivity contribution is -0.200. The molecule has 5 rings (SSSR count). The van der Waals surface area contributed by atoms with Gasteiger partial charge in [0.05, 0.1) is 5.54 Å². The van der Waals surface area contributed by atoms with Crippen molar-refractivity contribution in [2.45, 2.75) is 62.6 Å². The van der Waals surface area contributed by atoms with Gasteiger partial charge in [-0.3, -0.25) is 9.59 Å². The van der Waals surface area contributed by atoms with Gasteiger partial charge in [0.2, 0.25) is 0 Å².